The number of pyridine rings is 1. The van der Waals surface area contributed by atoms with Crippen molar-refractivity contribution in [2.45, 2.75) is 73.1 Å². The zero-order valence-electron chi connectivity index (χ0n) is 25.4. The Bertz CT molecular complexity index is 2170. The summed E-state index contributed by atoms with van der Waals surface area (Å²) >= 11 is 0. The largest absolute Gasteiger partial charge is 0.307 e. The second-order valence-corrected chi connectivity index (χ2v) is 14.2. The van der Waals surface area contributed by atoms with Crippen molar-refractivity contribution in [3.8, 4) is 0 Å². The van der Waals surface area contributed by atoms with E-state index in [9.17, 15) is 0 Å². The molecular weight excluding hydrogens is 498 g/mol. The van der Waals surface area contributed by atoms with Crippen LogP contribution in [0.5, 0.6) is 0 Å². The van der Waals surface area contributed by atoms with Crippen molar-refractivity contribution >= 4 is 59.9 Å². The predicted octanol–water partition coefficient (Wildman–Crippen LogP) is 9.30. The van der Waals surface area contributed by atoms with Crippen LogP contribution in [0.2, 0.25) is 0 Å². The van der Waals surface area contributed by atoms with E-state index in [0.717, 1.165) is 17.9 Å². The van der Waals surface area contributed by atoms with E-state index in [1.54, 1.807) is 0 Å². The average molecular weight is 539 g/mol. The number of aryl methyl sites for hydroxylation is 3. The molecule has 8 rings (SSSR count). The summed E-state index contributed by atoms with van der Waals surface area (Å²) < 4.78 is 4.87. The van der Waals surface area contributed by atoms with Gasteiger partial charge in [0, 0.05) is 10.8 Å². The maximum atomic E-state index is 4.93. The summed E-state index contributed by atoms with van der Waals surface area (Å²) in [6.45, 7) is 11.7. The molecule has 0 saturated heterocycles. The Hall–Kier alpha value is -3.72. The van der Waals surface area contributed by atoms with Crippen molar-refractivity contribution in [2.75, 3.05) is 0 Å². The second kappa shape index (κ2) is 8.64. The summed E-state index contributed by atoms with van der Waals surface area (Å²) in [6.07, 6.45) is 9.76. The Kier molecular flexibility index (Phi) is 5.28. The molecule has 0 aliphatic heterocycles. The van der Waals surface area contributed by atoms with E-state index in [2.05, 4.69) is 99.2 Å². The highest BCUT2D eigenvalue weighted by atomic mass is 15.0. The van der Waals surface area contributed by atoms with Crippen molar-refractivity contribution < 1.29 is 4.57 Å². The zero-order valence-corrected chi connectivity index (χ0v) is 25.4. The third-order valence-corrected chi connectivity index (χ3v) is 10.0. The molecule has 4 aromatic carbocycles. The highest BCUT2D eigenvalue weighted by molar-refractivity contribution is 6.28. The van der Waals surface area contributed by atoms with Crippen LogP contribution in [0.1, 0.15) is 68.7 Å². The molecule has 1 aliphatic rings. The minimum atomic E-state index is 0.249. The van der Waals surface area contributed by atoms with Crippen LogP contribution in [-0.2, 0) is 19.9 Å². The number of hydrogen-bond donors (Lipinski definition) is 0. The van der Waals surface area contributed by atoms with Crippen molar-refractivity contribution in [3.05, 3.63) is 77.1 Å². The monoisotopic (exact) mass is 538 g/mol. The van der Waals surface area contributed by atoms with E-state index in [-0.39, 0.29) is 5.41 Å². The van der Waals surface area contributed by atoms with Gasteiger partial charge in [-0.3, -0.25) is 0 Å². The first-order chi connectivity index (χ1) is 19.7. The normalized spacial score (nSPS) is 15.3. The molecule has 3 heterocycles. The maximum absolute atomic E-state index is 4.93. The molecule has 0 radical (unpaired) electrons. The SMILES string of the molecule is Cc1c2cc(CC(C)(C)C)ccc2c(C)c2c1c1c3c(ccc4c5c(CC6CCCC6)cccc5n2c43)nc[n+]1C. The van der Waals surface area contributed by atoms with E-state index in [1.807, 2.05) is 6.33 Å². The average Bonchev–Trinajstić information content (AvgIpc) is 3.57. The maximum Gasteiger partial charge on any atom is 0.287 e. The quantitative estimate of drug-likeness (QED) is 0.125. The number of nitrogens with zero attached hydrogens (tertiary/aromatic N) is 3. The summed E-state index contributed by atoms with van der Waals surface area (Å²) in [4.78, 5) is 4.93. The van der Waals surface area contributed by atoms with Crippen molar-refractivity contribution in [2.24, 2.45) is 18.4 Å². The fourth-order valence-corrected chi connectivity index (χ4v) is 8.32. The minimum absolute atomic E-state index is 0.249. The van der Waals surface area contributed by atoms with Gasteiger partial charge in [-0.1, -0.05) is 76.8 Å². The first kappa shape index (κ1) is 25.0. The third-order valence-electron chi connectivity index (χ3n) is 10.0. The first-order valence-electron chi connectivity index (χ1n) is 15.5. The molecule has 0 amide bonds. The smallest absolute Gasteiger partial charge is 0.287 e. The Morgan fingerprint density at radius 3 is 2.41 bits per heavy atom. The van der Waals surface area contributed by atoms with Gasteiger partial charge in [-0.15, -0.1) is 0 Å². The van der Waals surface area contributed by atoms with Crippen LogP contribution in [0.15, 0.2) is 54.9 Å². The highest BCUT2D eigenvalue weighted by Gasteiger charge is 2.28. The lowest BCUT2D eigenvalue weighted by atomic mass is 9.86. The molecule has 206 valence electrons. The Labute approximate surface area is 242 Å². The van der Waals surface area contributed by atoms with E-state index >= 15 is 0 Å². The number of rotatable bonds is 3. The van der Waals surface area contributed by atoms with Gasteiger partial charge in [0.05, 0.1) is 34.4 Å². The van der Waals surface area contributed by atoms with Crippen molar-refractivity contribution in [1.29, 1.82) is 0 Å². The molecule has 0 bridgehead atoms. The van der Waals surface area contributed by atoms with Crippen LogP contribution in [0.3, 0.4) is 0 Å². The topological polar surface area (TPSA) is 21.2 Å². The van der Waals surface area contributed by atoms with Crippen LogP contribution in [-0.4, -0.2) is 9.38 Å². The second-order valence-electron chi connectivity index (χ2n) is 14.2. The van der Waals surface area contributed by atoms with Gasteiger partial charge >= 0.3 is 0 Å². The molecule has 0 atom stereocenters. The number of fused-ring (bicyclic) bond motifs is 7. The lowest BCUT2D eigenvalue weighted by Crippen LogP contribution is -2.30. The van der Waals surface area contributed by atoms with E-state index < -0.39 is 0 Å². The molecule has 3 aromatic heterocycles. The number of hydrogen-bond acceptors (Lipinski definition) is 1. The summed E-state index contributed by atoms with van der Waals surface area (Å²) in [6, 6.07) is 18.9. The van der Waals surface area contributed by atoms with Crippen molar-refractivity contribution in [3.63, 3.8) is 0 Å². The summed E-state index contributed by atoms with van der Waals surface area (Å²) in [5.74, 6) is 0.808. The van der Waals surface area contributed by atoms with Gasteiger partial charge in [-0.2, -0.15) is 0 Å². The van der Waals surface area contributed by atoms with E-state index in [4.69, 9.17) is 4.98 Å². The minimum Gasteiger partial charge on any atom is -0.307 e. The number of benzene rings is 4. The summed E-state index contributed by atoms with van der Waals surface area (Å²) in [7, 11) is 2.17. The summed E-state index contributed by atoms with van der Waals surface area (Å²) in [5, 5.41) is 8.20. The van der Waals surface area contributed by atoms with Gasteiger partial charge in [0.1, 0.15) is 5.52 Å². The van der Waals surface area contributed by atoms with Gasteiger partial charge in [-0.25, -0.2) is 4.57 Å². The molecule has 1 aliphatic carbocycles. The van der Waals surface area contributed by atoms with Crippen LogP contribution < -0.4 is 4.57 Å². The molecule has 0 N–H and O–H groups in total. The fraction of sp³-hybridized carbons (Fsp3) is 0.368. The van der Waals surface area contributed by atoms with Crippen molar-refractivity contribution in [1.82, 2.24) is 9.38 Å². The van der Waals surface area contributed by atoms with E-state index in [0.29, 0.717) is 0 Å². The third kappa shape index (κ3) is 3.57. The zero-order chi connectivity index (χ0) is 28.2. The molecule has 3 heteroatoms. The van der Waals surface area contributed by atoms with Crippen LogP contribution in [0.25, 0.3) is 59.9 Å². The van der Waals surface area contributed by atoms with Crippen LogP contribution in [0, 0.1) is 25.2 Å². The predicted molar refractivity (Wildman–Crippen MR) is 173 cm³/mol. The fourth-order valence-electron chi connectivity index (χ4n) is 8.32. The van der Waals surface area contributed by atoms with E-state index in [1.165, 1.54) is 109 Å². The molecule has 1 saturated carbocycles. The molecule has 7 aromatic rings. The lowest BCUT2D eigenvalue weighted by Gasteiger charge is -2.20. The van der Waals surface area contributed by atoms with Gasteiger partial charge in [0.15, 0.2) is 5.52 Å². The molecule has 1 fully saturated rings. The Morgan fingerprint density at radius 1 is 0.854 bits per heavy atom. The highest BCUT2D eigenvalue weighted by Crippen LogP contribution is 2.45. The standard InChI is InChI=1S/C38H40N3/c1-22-29-19-25(20-38(3,4)5)14-15-27(29)23(2)35-32(22)37-34-30(39-21-40(37)6)17-16-28-33-26(18-24-10-7-8-11-24)12-9-13-31(33)41(35)36(28)34/h9,12-17,19,21,24H,7-8,10-11,18,20H2,1-6H3/q+1. The Balaban J connectivity index is 1.58. The van der Waals surface area contributed by atoms with Gasteiger partial charge in [-0.05, 0) is 94.2 Å². The molecule has 0 spiro atoms. The number of aromatic nitrogens is 3. The molecule has 3 nitrogen and oxygen atoms in total. The van der Waals surface area contributed by atoms with Gasteiger partial charge in [0.25, 0.3) is 6.33 Å². The van der Waals surface area contributed by atoms with Crippen LogP contribution >= 0.6 is 0 Å². The molecule has 41 heavy (non-hydrogen) atoms. The lowest BCUT2D eigenvalue weighted by molar-refractivity contribution is -0.646. The van der Waals surface area contributed by atoms with Crippen LogP contribution in [0.4, 0.5) is 0 Å². The molecule has 0 unspecified atom stereocenters. The van der Waals surface area contributed by atoms with Gasteiger partial charge in [0.2, 0.25) is 0 Å². The first-order valence-corrected chi connectivity index (χ1v) is 15.5. The summed E-state index contributed by atoms with van der Waals surface area (Å²) in [5.41, 5.74) is 12.3. The van der Waals surface area contributed by atoms with Gasteiger partial charge < -0.3 is 4.40 Å². The molecular formula is C38H40N3+. The Morgan fingerprint density at radius 2 is 1.63 bits per heavy atom.